The van der Waals surface area contributed by atoms with Crippen molar-refractivity contribution in [3.8, 4) is 5.75 Å². The Morgan fingerprint density at radius 2 is 1.46 bits per heavy atom. The lowest BCUT2D eigenvalue weighted by atomic mass is 9.82. The van der Waals surface area contributed by atoms with E-state index in [4.69, 9.17) is 37.4 Å². The van der Waals surface area contributed by atoms with Crippen molar-refractivity contribution >= 4 is 35.1 Å². The topological polar surface area (TPSA) is 61.8 Å². The molecule has 0 N–H and O–H groups in total. The summed E-state index contributed by atoms with van der Waals surface area (Å²) in [5.74, 6) is -0.524. The summed E-state index contributed by atoms with van der Waals surface area (Å²) in [5.41, 5.74) is 0.0273. The van der Waals surface area contributed by atoms with Crippen molar-refractivity contribution in [2.75, 3.05) is 0 Å². The van der Waals surface area contributed by atoms with Crippen molar-refractivity contribution in [2.45, 2.75) is 39.6 Å². The number of halogens is 2. The quantitative estimate of drug-likeness (QED) is 0.455. The van der Waals surface area contributed by atoms with Crippen molar-refractivity contribution in [1.29, 1.82) is 0 Å². The number of benzene rings is 2. The fraction of sp³-hybridized carbons (Fsp3) is 0.333. The maximum Gasteiger partial charge on any atom is 0.326 e. The van der Waals surface area contributed by atoms with E-state index >= 15 is 0 Å². The average Bonchev–Trinajstić information content (AvgIpc) is 2.68. The SMILES string of the molecule is CCC1(CC)C(=O)OC(c2ccc(OCc3c(Cl)cccc3Cl)cc2)OC1=O. The van der Waals surface area contributed by atoms with Gasteiger partial charge in [-0.2, -0.15) is 0 Å². The van der Waals surface area contributed by atoms with Crippen molar-refractivity contribution in [3.05, 3.63) is 63.6 Å². The second-order valence-corrected chi connectivity index (χ2v) is 7.30. The minimum atomic E-state index is -1.21. The zero-order valence-corrected chi connectivity index (χ0v) is 17.0. The van der Waals surface area contributed by atoms with E-state index in [1.165, 1.54) is 0 Å². The molecule has 0 saturated carbocycles. The molecule has 3 rings (SSSR count). The van der Waals surface area contributed by atoms with Crippen LogP contribution in [0.1, 0.15) is 44.1 Å². The van der Waals surface area contributed by atoms with Crippen LogP contribution in [0.25, 0.3) is 0 Å². The van der Waals surface area contributed by atoms with E-state index in [-0.39, 0.29) is 6.61 Å². The van der Waals surface area contributed by atoms with E-state index in [9.17, 15) is 9.59 Å². The van der Waals surface area contributed by atoms with Crippen LogP contribution >= 0.6 is 23.2 Å². The Bertz CT molecular complexity index is 835. The van der Waals surface area contributed by atoms with Gasteiger partial charge in [-0.1, -0.05) is 43.1 Å². The Morgan fingerprint density at radius 1 is 0.929 bits per heavy atom. The van der Waals surface area contributed by atoms with E-state index in [0.717, 1.165) is 0 Å². The molecule has 0 radical (unpaired) electrons. The summed E-state index contributed by atoms with van der Waals surface area (Å²) < 4.78 is 16.5. The molecule has 0 atom stereocenters. The molecule has 7 heteroatoms. The Morgan fingerprint density at radius 3 is 1.96 bits per heavy atom. The van der Waals surface area contributed by atoms with Crippen LogP contribution in [0.3, 0.4) is 0 Å². The standard InChI is InChI=1S/C21H20Cl2O5/c1-3-21(4-2)19(24)27-18(28-20(21)25)13-8-10-14(11-9-13)26-12-15-16(22)6-5-7-17(15)23/h5-11,18H,3-4,12H2,1-2H3. The molecule has 1 aliphatic heterocycles. The normalized spacial score (nSPS) is 16.4. The summed E-state index contributed by atoms with van der Waals surface area (Å²) in [5, 5.41) is 1.06. The van der Waals surface area contributed by atoms with E-state index in [1.807, 2.05) is 0 Å². The molecule has 1 aliphatic rings. The highest BCUT2D eigenvalue weighted by molar-refractivity contribution is 6.35. The van der Waals surface area contributed by atoms with Gasteiger partial charge in [0.1, 0.15) is 12.4 Å². The highest BCUT2D eigenvalue weighted by Gasteiger charge is 2.51. The number of esters is 2. The highest BCUT2D eigenvalue weighted by atomic mass is 35.5. The van der Waals surface area contributed by atoms with Crippen molar-refractivity contribution in [2.24, 2.45) is 5.41 Å². The molecule has 1 saturated heterocycles. The largest absolute Gasteiger partial charge is 0.489 e. The van der Waals surface area contributed by atoms with Gasteiger partial charge in [0, 0.05) is 21.2 Å². The lowest BCUT2D eigenvalue weighted by molar-refractivity contribution is -0.226. The van der Waals surface area contributed by atoms with Crippen LogP contribution in [0.4, 0.5) is 0 Å². The second kappa shape index (κ2) is 8.41. The molecule has 0 bridgehead atoms. The highest BCUT2D eigenvalue weighted by Crippen LogP contribution is 2.39. The predicted molar refractivity (Wildman–Crippen MR) is 105 cm³/mol. The van der Waals surface area contributed by atoms with Gasteiger partial charge in [0.05, 0.1) is 0 Å². The van der Waals surface area contributed by atoms with Gasteiger partial charge in [-0.3, -0.25) is 9.59 Å². The van der Waals surface area contributed by atoms with Crippen LogP contribution in [0.2, 0.25) is 10.0 Å². The molecule has 1 fully saturated rings. The second-order valence-electron chi connectivity index (χ2n) is 6.49. The fourth-order valence-corrected chi connectivity index (χ4v) is 3.54. The molecule has 0 amide bonds. The summed E-state index contributed by atoms with van der Waals surface area (Å²) >= 11 is 12.3. The van der Waals surface area contributed by atoms with Crippen LogP contribution in [0.5, 0.6) is 5.75 Å². The van der Waals surface area contributed by atoms with Gasteiger partial charge in [-0.25, -0.2) is 0 Å². The van der Waals surface area contributed by atoms with Crippen molar-refractivity contribution in [1.82, 2.24) is 0 Å². The first-order valence-electron chi connectivity index (χ1n) is 8.99. The van der Waals surface area contributed by atoms with Crippen molar-refractivity contribution in [3.63, 3.8) is 0 Å². The van der Waals surface area contributed by atoms with Gasteiger partial charge in [0.15, 0.2) is 5.41 Å². The van der Waals surface area contributed by atoms with Crippen LogP contribution in [0.15, 0.2) is 42.5 Å². The molecule has 0 unspecified atom stereocenters. The third-order valence-electron chi connectivity index (χ3n) is 5.01. The summed E-state index contributed by atoms with van der Waals surface area (Å²) in [7, 11) is 0. The summed E-state index contributed by atoms with van der Waals surface area (Å²) in [4.78, 5) is 24.8. The molecule has 148 valence electrons. The molecule has 2 aromatic carbocycles. The van der Waals surface area contributed by atoms with Crippen LogP contribution in [-0.4, -0.2) is 11.9 Å². The zero-order valence-electron chi connectivity index (χ0n) is 15.5. The molecule has 1 heterocycles. The maximum atomic E-state index is 12.4. The Kier molecular flexibility index (Phi) is 6.16. The number of hydrogen-bond acceptors (Lipinski definition) is 5. The number of ether oxygens (including phenoxy) is 3. The lowest BCUT2D eigenvalue weighted by Gasteiger charge is -2.35. The van der Waals surface area contributed by atoms with Gasteiger partial charge in [-0.05, 0) is 49.2 Å². The molecule has 0 aliphatic carbocycles. The third-order valence-corrected chi connectivity index (χ3v) is 5.72. The maximum absolute atomic E-state index is 12.4. The Balaban J connectivity index is 1.68. The fourth-order valence-electron chi connectivity index (χ4n) is 3.04. The summed E-state index contributed by atoms with van der Waals surface area (Å²) in [6, 6.07) is 12.0. The first-order chi connectivity index (χ1) is 13.4. The van der Waals surface area contributed by atoms with Crippen LogP contribution in [0, 0.1) is 5.41 Å². The molecule has 0 aromatic heterocycles. The summed E-state index contributed by atoms with van der Waals surface area (Å²) in [6.45, 7) is 3.74. The number of carbonyl (C=O) groups is 2. The summed E-state index contributed by atoms with van der Waals surface area (Å²) in [6.07, 6.45) is -0.380. The average molecular weight is 423 g/mol. The molecule has 0 spiro atoms. The number of rotatable bonds is 6. The van der Waals surface area contributed by atoms with Crippen molar-refractivity contribution < 1.29 is 23.8 Å². The minimum absolute atomic E-state index is 0.209. The zero-order chi connectivity index (χ0) is 20.3. The lowest BCUT2D eigenvalue weighted by Crippen LogP contribution is -2.46. The minimum Gasteiger partial charge on any atom is -0.489 e. The van der Waals surface area contributed by atoms with E-state index < -0.39 is 23.6 Å². The van der Waals surface area contributed by atoms with Gasteiger partial charge in [0.25, 0.3) is 6.29 Å². The molecular formula is C21H20Cl2O5. The number of carbonyl (C=O) groups excluding carboxylic acids is 2. The number of hydrogen-bond donors (Lipinski definition) is 0. The van der Waals surface area contributed by atoms with E-state index in [2.05, 4.69) is 0 Å². The molecule has 5 nitrogen and oxygen atoms in total. The van der Waals surface area contributed by atoms with Crippen LogP contribution in [-0.2, 0) is 25.7 Å². The molecular weight excluding hydrogens is 403 g/mol. The molecule has 28 heavy (non-hydrogen) atoms. The monoisotopic (exact) mass is 422 g/mol. The Hall–Kier alpha value is -2.24. The van der Waals surface area contributed by atoms with Gasteiger partial charge in [0.2, 0.25) is 0 Å². The molecule has 2 aromatic rings. The Labute approximate surface area is 173 Å². The smallest absolute Gasteiger partial charge is 0.326 e. The van der Waals surface area contributed by atoms with Crippen LogP contribution < -0.4 is 4.74 Å². The van der Waals surface area contributed by atoms with Gasteiger partial charge >= 0.3 is 11.9 Å². The van der Waals surface area contributed by atoms with E-state index in [0.29, 0.717) is 39.8 Å². The third kappa shape index (κ3) is 3.82. The number of cyclic esters (lactones) is 2. The van der Waals surface area contributed by atoms with Gasteiger partial charge < -0.3 is 14.2 Å². The first-order valence-corrected chi connectivity index (χ1v) is 9.74. The van der Waals surface area contributed by atoms with E-state index in [1.54, 1.807) is 56.3 Å². The predicted octanol–water partition coefficient (Wildman–Crippen LogP) is 5.48. The van der Waals surface area contributed by atoms with Gasteiger partial charge in [-0.15, -0.1) is 0 Å². The first kappa shape index (κ1) is 20.5.